The molecule has 0 aliphatic rings. The minimum atomic E-state index is -1.09. The average Bonchev–Trinajstić information content (AvgIpc) is 2.75. The summed E-state index contributed by atoms with van der Waals surface area (Å²) in [5.41, 5.74) is -0.0253. The van der Waals surface area contributed by atoms with Gasteiger partial charge in [0, 0.05) is 5.38 Å². The van der Waals surface area contributed by atoms with E-state index >= 15 is 0 Å². The number of nitrogens with one attached hydrogen (secondary N) is 2. The molecule has 1 unspecified atom stereocenters. The van der Waals surface area contributed by atoms with Crippen molar-refractivity contribution in [3.63, 3.8) is 0 Å². The highest BCUT2D eigenvalue weighted by Gasteiger charge is 2.15. The smallest absolute Gasteiger partial charge is 0.355 e. The predicted molar refractivity (Wildman–Crippen MR) is 62.9 cm³/mol. The third-order valence-corrected chi connectivity index (χ3v) is 2.84. The zero-order chi connectivity index (χ0) is 12.8. The number of thiazole rings is 1. The van der Waals surface area contributed by atoms with Gasteiger partial charge in [-0.15, -0.1) is 17.8 Å². The second-order valence-corrected chi connectivity index (χ2v) is 4.02. The van der Waals surface area contributed by atoms with Crippen LogP contribution in [-0.2, 0) is 0 Å². The van der Waals surface area contributed by atoms with Crippen molar-refractivity contribution >= 4 is 23.3 Å². The predicted octanol–water partition coefficient (Wildman–Crippen LogP) is 0.835. The summed E-state index contributed by atoms with van der Waals surface area (Å²) in [5.74, 6) is 1.18. The first-order chi connectivity index (χ1) is 8.04. The highest BCUT2D eigenvalue weighted by atomic mass is 32.1. The number of nitrogens with zero attached hydrogens (tertiary/aromatic N) is 1. The van der Waals surface area contributed by atoms with Crippen LogP contribution in [0.4, 0.5) is 4.79 Å². The Bertz CT molecular complexity index is 464. The van der Waals surface area contributed by atoms with Crippen LogP contribution in [0.15, 0.2) is 5.38 Å². The van der Waals surface area contributed by atoms with Gasteiger partial charge in [-0.25, -0.2) is 14.6 Å². The number of hydrogen-bond acceptors (Lipinski definition) is 4. The molecule has 17 heavy (non-hydrogen) atoms. The fourth-order valence-electron chi connectivity index (χ4n) is 1.03. The number of amides is 2. The van der Waals surface area contributed by atoms with Gasteiger partial charge in [-0.1, -0.05) is 5.92 Å². The first-order valence-electron chi connectivity index (χ1n) is 4.71. The molecule has 0 saturated heterocycles. The molecule has 1 aromatic rings. The number of rotatable bonds is 4. The summed E-state index contributed by atoms with van der Waals surface area (Å²) in [4.78, 5) is 25.8. The minimum Gasteiger partial charge on any atom is -0.476 e. The Morgan fingerprint density at radius 2 is 2.41 bits per heavy atom. The van der Waals surface area contributed by atoms with E-state index in [1.54, 1.807) is 6.92 Å². The van der Waals surface area contributed by atoms with Crippen molar-refractivity contribution in [1.29, 1.82) is 0 Å². The van der Waals surface area contributed by atoms with Gasteiger partial charge in [-0.05, 0) is 6.92 Å². The standard InChI is InChI=1S/C10H11N3O3S/c1-3-4-11-10(16)12-6(2)8-13-7(5-17-8)9(14)15/h1,5-6H,4H2,2H3,(H,14,15)(H2,11,12,16). The van der Waals surface area contributed by atoms with Gasteiger partial charge in [-0.2, -0.15) is 0 Å². The Morgan fingerprint density at radius 3 is 2.94 bits per heavy atom. The topological polar surface area (TPSA) is 91.3 Å². The maximum absolute atomic E-state index is 11.3. The van der Waals surface area contributed by atoms with Crippen molar-refractivity contribution in [1.82, 2.24) is 15.6 Å². The second-order valence-electron chi connectivity index (χ2n) is 3.13. The van der Waals surface area contributed by atoms with E-state index in [9.17, 15) is 9.59 Å². The molecule has 0 fully saturated rings. The summed E-state index contributed by atoms with van der Waals surface area (Å²) < 4.78 is 0. The Balaban J connectivity index is 2.57. The number of urea groups is 1. The largest absolute Gasteiger partial charge is 0.476 e. The van der Waals surface area contributed by atoms with Crippen molar-refractivity contribution < 1.29 is 14.7 Å². The van der Waals surface area contributed by atoms with Gasteiger partial charge in [0.1, 0.15) is 5.01 Å². The number of terminal acetylenes is 1. The molecular formula is C10H11N3O3S. The van der Waals surface area contributed by atoms with Crippen LogP contribution in [0.3, 0.4) is 0 Å². The second kappa shape index (κ2) is 5.86. The highest BCUT2D eigenvalue weighted by molar-refractivity contribution is 7.09. The first kappa shape index (κ1) is 13.0. The number of hydrogen-bond donors (Lipinski definition) is 3. The molecule has 1 aromatic heterocycles. The van der Waals surface area contributed by atoms with Crippen molar-refractivity contribution in [3.05, 3.63) is 16.1 Å². The Kier molecular flexibility index (Phi) is 4.48. The number of aromatic nitrogens is 1. The molecule has 7 heteroatoms. The van der Waals surface area contributed by atoms with E-state index in [0.717, 1.165) is 0 Å². The van der Waals surface area contributed by atoms with Crippen LogP contribution >= 0.6 is 11.3 Å². The van der Waals surface area contributed by atoms with Gasteiger partial charge in [-0.3, -0.25) is 0 Å². The fraction of sp³-hybridized carbons (Fsp3) is 0.300. The molecule has 0 aliphatic carbocycles. The third kappa shape index (κ3) is 3.77. The molecule has 0 saturated carbocycles. The van der Waals surface area contributed by atoms with Crippen molar-refractivity contribution in [2.75, 3.05) is 6.54 Å². The molecule has 0 aromatic carbocycles. The molecule has 6 nitrogen and oxygen atoms in total. The monoisotopic (exact) mass is 253 g/mol. The SMILES string of the molecule is C#CCNC(=O)NC(C)c1nc(C(=O)O)cs1. The number of aromatic carboxylic acids is 1. The number of carbonyl (C=O) groups is 2. The van der Waals surface area contributed by atoms with Gasteiger partial charge in [0.15, 0.2) is 5.69 Å². The lowest BCUT2D eigenvalue weighted by molar-refractivity contribution is 0.0691. The average molecular weight is 253 g/mol. The summed E-state index contributed by atoms with van der Waals surface area (Å²) in [5, 5.41) is 15.7. The molecule has 1 rings (SSSR count). The van der Waals surface area contributed by atoms with Crippen LogP contribution in [-0.4, -0.2) is 28.6 Å². The molecule has 0 spiro atoms. The lowest BCUT2D eigenvalue weighted by Gasteiger charge is -2.10. The molecule has 0 bridgehead atoms. The van der Waals surface area contributed by atoms with Gasteiger partial charge in [0.05, 0.1) is 12.6 Å². The van der Waals surface area contributed by atoms with E-state index < -0.39 is 12.0 Å². The van der Waals surface area contributed by atoms with E-state index in [0.29, 0.717) is 5.01 Å². The normalized spacial score (nSPS) is 11.3. The summed E-state index contributed by atoms with van der Waals surface area (Å²) in [6.45, 7) is 1.84. The maximum atomic E-state index is 11.3. The van der Waals surface area contributed by atoms with Gasteiger partial charge in [0.2, 0.25) is 0 Å². The van der Waals surface area contributed by atoms with Crippen LogP contribution in [0.25, 0.3) is 0 Å². The first-order valence-corrected chi connectivity index (χ1v) is 5.59. The number of carboxylic acids is 1. The molecule has 0 aliphatic heterocycles. The van der Waals surface area contributed by atoms with Crippen LogP contribution < -0.4 is 10.6 Å². The maximum Gasteiger partial charge on any atom is 0.355 e. The van der Waals surface area contributed by atoms with E-state index in [4.69, 9.17) is 11.5 Å². The lowest BCUT2D eigenvalue weighted by atomic mass is 10.3. The Hall–Kier alpha value is -2.07. The summed E-state index contributed by atoms with van der Waals surface area (Å²) >= 11 is 1.18. The summed E-state index contributed by atoms with van der Waals surface area (Å²) in [6, 6.07) is -0.784. The van der Waals surface area contributed by atoms with E-state index in [-0.39, 0.29) is 18.3 Å². The summed E-state index contributed by atoms with van der Waals surface area (Å²) in [6.07, 6.45) is 4.99. The van der Waals surface area contributed by atoms with Gasteiger partial charge in [0.25, 0.3) is 0 Å². The van der Waals surface area contributed by atoms with E-state index in [1.165, 1.54) is 16.7 Å². The van der Waals surface area contributed by atoms with Crippen LogP contribution in [0, 0.1) is 12.3 Å². The number of carboxylic acid groups (broad SMARTS) is 1. The zero-order valence-electron chi connectivity index (χ0n) is 9.06. The Morgan fingerprint density at radius 1 is 1.71 bits per heavy atom. The molecule has 2 amide bonds. The molecule has 90 valence electrons. The van der Waals surface area contributed by atoms with Crippen LogP contribution in [0.2, 0.25) is 0 Å². The summed E-state index contributed by atoms with van der Waals surface area (Å²) in [7, 11) is 0. The molecular weight excluding hydrogens is 242 g/mol. The van der Waals surface area contributed by atoms with Crippen molar-refractivity contribution in [2.24, 2.45) is 0 Å². The Labute approximate surface area is 102 Å². The van der Waals surface area contributed by atoms with E-state index in [2.05, 4.69) is 21.5 Å². The number of carbonyl (C=O) groups excluding carboxylic acids is 1. The fourth-order valence-corrected chi connectivity index (χ4v) is 1.83. The van der Waals surface area contributed by atoms with Crippen molar-refractivity contribution in [3.8, 4) is 12.3 Å². The van der Waals surface area contributed by atoms with Gasteiger partial charge >= 0.3 is 12.0 Å². The van der Waals surface area contributed by atoms with E-state index in [1.807, 2.05) is 0 Å². The molecule has 0 radical (unpaired) electrons. The van der Waals surface area contributed by atoms with Gasteiger partial charge < -0.3 is 15.7 Å². The molecule has 1 atom stereocenters. The van der Waals surface area contributed by atoms with Crippen molar-refractivity contribution in [2.45, 2.75) is 13.0 Å². The highest BCUT2D eigenvalue weighted by Crippen LogP contribution is 2.17. The third-order valence-electron chi connectivity index (χ3n) is 1.81. The zero-order valence-corrected chi connectivity index (χ0v) is 9.87. The van der Waals surface area contributed by atoms with Crippen LogP contribution in [0.5, 0.6) is 0 Å². The molecule has 1 heterocycles. The lowest BCUT2D eigenvalue weighted by Crippen LogP contribution is -2.37. The quantitative estimate of drug-likeness (QED) is 0.693. The molecule has 3 N–H and O–H groups in total. The minimum absolute atomic E-state index is 0.0253. The van der Waals surface area contributed by atoms with Crippen LogP contribution in [0.1, 0.15) is 28.5 Å².